The maximum atomic E-state index is 14.3. The Morgan fingerprint density at radius 3 is 2.29 bits per heavy atom. The molecule has 0 heterocycles. The van der Waals surface area contributed by atoms with Gasteiger partial charge < -0.3 is 5.11 Å². The van der Waals surface area contributed by atoms with E-state index in [1.165, 1.54) is 12.1 Å². The lowest BCUT2D eigenvalue weighted by Gasteiger charge is -2.14. The summed E-state index contributed by atoms with van der Waals surface area (Å²) in [5.41, 5.74) is 0.811. The number of benzene rings is 3. The molecule has 0 fully saturated rings. The number of halogens is 3. The van der Waals surface area contributed by atoms with Crippen molar-refractivity contribution in [3.8, 4) is 11.1 Å². The molecule has 9 heteroatoms. The number of hydrogen-bond donors (Lipinski definition) is 2. The van der Waals surface area contributed by atoms with E-state index in [4.69, 9.17) is 23.2 Å². The highest BCUT2D eigenvalue weighted by Gasteiger charge is 2.24. The molecule has 0 saturated heterocycles. The van der Waals surface area contributed by atoms with Gasteiger partial charge in [0.2, 0.25) is 0 Å². The molecule has 0 aromatic heterocycles. The van der Waals surface area contributed by atoms with Crippen molar-refractivity contribution in [2.75, 3.05) is 4.72 Å². The van der Waals surface area contributed by atoms with Crippen molar-refractivity contribution in [1.82, 2.24) is 0 Å². The first-order valence-electron chi connectivity index (χ1n) is 7.79. The van der Waals surface area contributed by atoms with E-state index in [0.29, 0.717) is 5.56 Å². The van der Waals surface area contributed by atoms with E-state index in [9.17, 15) is 22.7 Å². The highest BCUT2D eigenvalue weighted by atomic mass is 35.5. The SMILES string of the molecule is O=C(O)c1ccc(-c2ccccc2)cc1NS(=O)(=O)c1cc(Cl)cc(Cl)c1F. The highest BCUT2D eigenvalue weighted by Crippen LogP contribution is 2.31. The molecular formula is C19H12Cl2FNO4S. The number of hydrogen-bond acceptors (Lipinski definition) is 3. The second-order valence-electron chi connectivity index (χ2n) is 5.74. The lowest BCUT2D eigenvalue weighted by Crippen LogP contribution is -2.17. The van der Waals surface area contributed by atoms with Gasteiger partial charge in [-0.3, -0.25) is 4.72 Å². The number of carboxylic acid groups (broad SMARTS) is 1. The van der Waals surface area contributed by atoms with Gasteiger partial charge in [-0.25, -0.2) is 17.6 Å². The Morgan fingerprint density at radius 1 is 0.964 bits per heavy atom. The molecule has 5 nitrogen and oxygen atoms in total. The summed E-state index contributed by atoms with van der Waals surface area (Å²) in [6.45, 7) is 0. The van der Waals surface area contributed by atoms with Crippen molar-refractivity contribution in [3.63, 3.8) is 0 Å². The van der Waals surface area contributed by atoms with Gasteiger partial charge in [0.15, 0.2) is 5.82 Å². The molecule has 0 aliphatic heterocycles. The van der Waals surface area contributed by atoms with E-state index in [0.717, 1.165) is 17.7 Å². The summed E-state index contributed by atoms with van der Waals surface area (Å²) in [5, 5.41) is 8.84. The molecule has 144 valence electrons. The first kappa shape index (κ1) is 20.1. The van der Waals surface area contributed by atoms with Crippen LogP contribution >= 0.6 is 23.2 Å². The second kappa shape index (κ2) is 7.79. The van der Waals surface area contributed by atoms with Gasteiger partial charge in [-0.2, -0.15) is 0 Å². The molecule has 28 heavy (non-hydrogen) atoms. The minimum atomic E-state index is -4.50. The number of sulfonamides is 1. The fourth-order valence-electron chi connectivity index (χ4n) is 2.55. The molecular weight excluding hydrogens is 428 g/mol. The van der Waals surface area contributed by atoms with Gasteiger partial charge in [0.25, 0.3) is 10.0 Å². The van der Waals surface area contributed by atoms with Crippen molar-refractivity contribution in [2.45, 2.75) is 4.90 Å². The van der Waals surface area contributed by atoms with Gasteiger partial charge in [-0.15, -0.1) is 0 Å². The first-order chi connectivity index (χ1) is 13.2. The van der Waals surface area contributed by atoms with Crippen LogP contribution < -0.4 is 4.72 Å². The number of carboxylic acids is 1. The topological polar surface area (TPSA) is 83.5 Å². The molecule has 0 bridgehead atoms. The maximum absolute atomic E-state index is 14.3. The molecule has 0 radical (unpaired) electrons. The fourth-order valence-corrected chi connectivity index (χ4v) is 4.36. The van der Waals surface area contributed by atoms with Crippen LogP contribution in [0.1, 0.15) is 10.4 Å². The summed E-state index contributed by atoms with van der Waals surface area (Å²) in [5.74, 6) is -2.53. The standard InChI is InChI=1S/C19H12Cl2FNO4S/c20-13-9-15(21)18(22)17(10-13)28(26,27)23-16-8-12(6-7-14(16)19(24)25)11-4-2-1-3-5-11/h1-10,23H,(H,24,25). The Morgan fingerprint density at radius 2 is 1.64 bits per heavy atom. The van der Waals surface area contributed by atoms with Crippen molar-refractivity contribution >= 4 is 44.9 Å². The third-order valence-electron chi connectivity index (χ3n) is 3.85. The molecule has 0 atom stereocenters. The average molecular weight is 440 g/mol. The van der Waals surface area contributed by atoms with Gasteiger partial charge in [-0.1, -0.05) is 59.6 Å². The van der Waals surface area contributed by atoms with E-state index in [1.807, 2.05) is 6.07 Å². The van der Waals surface area contributed by atoms with E-state index >= 15 is 0 Å². The molecule has 0 aliphatic carbocycles. The van der Waals surface area contributed by atoms with Crippen LogP contribution in [0.5, 0.6) is 0 Å². The zero-order valence-corrected chi connectivity index (χ0v) is 16.3. The van der Waals surface area contributed by atoms with Crippen LogP contribution in [0.3, 0.4) is 0 Å². The summed E-state index contributed by atoms with van der Waals surface area (Å²) in [4.78, 5) is 10.7. The lowest BCUT2D eigenvalue weighted by molar-refractivity contribution is 0.0698. The Balaban J connectivity index is 2.11. The summed E-state index contributed by atoms with van der Waals surface area (Å²) < 4.78 is 41.8. The van der Waals surface area contributed by atoms with Crippen LogP contribution in [-0.2, 0) is 10.0 Å². The number of nitrogens with one attached hydrogen (secondary N) is 1. The Labute approximate surface area is 170 Å². The zero-order chi connectivity index (χ0) is 20.5. The Hall–Kier alpha value is -2.61. The summed E-state index contributed by atoms with van der Waals surface area (Å²) in [6, 6.07) is 15.1. The van der Waals surface area contributed by atoms with E-state index in [1.54, 1.807) is 30.3 Å². The molecule has 0 aliphatic rings. The van der Waals surface area contributed by atoms with Crippen LogP contribution in [0.2, 0.25) is 10.0 Å². The molecule has 3 aromatic carbocycles. The molecule has 0 saturated carbocycles. The number of carbonyl (C=O) groups is 1. The summed E-state index contributed by atoms with van der Waals surface area (Å²) >= 11 is 11.5. The molecule has 3 aromatic rings. The molecule has 3 rings (SSSR count). The summed E-state index contributed by atoms with van der Waals surface area (Å²) in [6.07, 6.45) is 0. The predicted molar refractivity (Wildman–Crippen MR) is 106 cm³/mol. The smallest absolute Gasteiger partial charge is 0.337 e. The molecule has 0 amide bonds. The third-order valence-corrected chi connectivity index (χ3v) is 5.71. The predicted octanol–water partition coefficient (Wildman–Crippen LogP) is 5.30. The quantitative estimate of drug-likeness (QED) is 0.528. The fraction of sp³-hybridized carbons (Fsp3) is 0. The van der Waals surface area contributed by atoms with E-state index in [-0.39, 0.29) is 16.3 Å². The molecule has 0 spiro atoms. The van der Waals surface area contributed by atoms with Gasteiger partial charge in [0.1, 0.15) is 4.90 Å². The van der Waals surface area contributed by atoms with Crippen molar-refractivity contribution in [2.24, 2.45) is 0 Å². The number of aromatic carboxylic acids is 1. The minimum Gasteiger partial charge on any atom is -0.478 e. The molecule has 0 unspecified atom stereocenters. The largest absolute Gasteiger partial charge is 0.478 e. The highest BCUT2D eigenvalue weighted by molar-refractivity contribution is 7.92. The first-order valence-corrected chi connectivity index (χ1v) is 10.0. The van der Waals surface area contributed by atoms with E-state index in [2.05, 4.69) is 4.72 Å². The third kappa shape index (κ3) is 4.11. The number of anilines is 1. The maximum Gasteiger partial charge on any atom is 0.337 e. The van der Waals surface area contributed by atoms with Gasteiger partial charge in [0, 0.05) is 5.02 Å². The zero-order valence-electron chi connectivity index (χ0n) is 14.0. The minimum absolute atomic E-state index is 0.0803. The van der Waals surface area contributed by atoms with Crippen molar-refractivity contribution < 1.29 is 22.7 Å². The Bertz CT molecular complexity index is 1170. The lowest BCUT2D eigenvalue weighted by atomic mass is 10.0. The molecule has 2 N–H and O–H groups in total. The normalized spacial score (nSPS) is 11.2. The van der Waals surface area contributed by atoms with Crippen LogP contribution in [-0.4, -0.2) is 19.5 Å². The Kier molecular flexibility index (Phi) is 5.60. The van der Waals surface area contributed by atoms with Crippen molar-refractivity contribution in [3.05, 3.63) is 82.1 Å². The van der Waals surface area contributed by atoms with Crippen LogP contribution in [0.15, 0.2) is 65.6 Å². The summed E-state index contributed by atoms with van der Waals surface area (Å²) in [7, 11) is -4.50. The van der Waals surface area contributed by atoms with Gasteiger partial charge in [-0.05, 0) is 35.4 Å². The van der Waals surface area contributed by atoms with Crippen LogP contribution in [0.25, 0.3) is 11.1 Å². The second-order valence-corrected chi connectivity index (χ2v) is 8.23. The van der Waals surface area contributed by atoms with Gasteiger partial charge in [0.05, 0.1) is 16.3 Å². The van der Waals surface area contributed by atoms with E-state index < -0.39 is 31.7 Å². The van der Waals surface area contributed by atoms with Crippen LogP contribution in [0.4, 0.5) is 10.1 Å². The number of rotatable bonds is 5. The van der Waals surface area contributed by atoms with Crippen molar-refractivity contribution in [1.29, 1.82) is 0 Å². The van der Waals surface area contributed by atoms with Gasteiger partial charge >= 0.3 is 5.97 Å². The van der Waals surface area contributed by atoms with Crippen LogP contribution in [0, 0.1) is 5.82 Å². The average Bonchev–Trinajstić information content (AvgIpc) is 2.64. The monoisotopic (exact) mass is 439 g/mol.